The third-order valence-corrected chi connectivity index (χ3v) is 3.81. The van der Waals surface area contributed by atoms with Crippen molar-refractivity contribution >= 4 is 6.08 Å². The van der Waals surface area contributed by atoms with Crippen LogP contribution in [0.25, 0.3) is 0 Å². The standard InChI is InChI=1S/C14H15NO4/c16-9-15-14(3-1-4-14)10-7-12-13(8-11(10)17)19-6-2-5-18-12/h7-8,17H,1-6H2. The van der Waals surface area contributed by atoms with Gasteiger partial charge in [0, 0.05) is 18.1 Å². The molecule has 1 aromatic carbocycles. The van der Waals surface area contributed by atoms with Crippen molar-refractivity contribution in [1.29, 1.82) is 0 Å². The molecular formula is C14H15NO4. The molecule has 0 saturated heterocycles. The van der Waals surface area contributed by atoms with Crippen molar-refractivity contribution in [2.24, 2.45) is 4.99 Å². The zero-order chi connectivity index (χ0) is 13.3. The van der Waals surface area contributed by atoms with Gasteiger partial charge in [-0.3, -0.25) is 0 Å². The molecule has 0 bridgehead atoms. The molecule has 0 spiro atoms. The fourth-order valence-electron chi connectivity index (χ4n) is 2.61. The first kappa shape index (κ1) is 12.1. The first-order valence-electron chi connectivity index (χ1n) is 6.47. The number of carbonyl (C=O) groups excluding carboxylic acids is 1. The Labute approximate surface area is 110 Å². The number of isocyanates is 1. The van der Waals surface area contributed by atoms with Gasteiger partial charge < -0.3 is 14.6 Å². The van der Waals surface area contributed by atoms with E-state index in [-0.39, 0.29) is 5.75 Å². The average molecular weight is 261 g/mol. The molecule has 5 heteroatoms. The van der Waals surface area contributed by atoms with Crippen molar-refractivity contribution in [3.05, 3.63) is 17.7 Å². The minimum absolute atomic E-state index is 0.1000. The smallest absolute Gasteiger partial charge is 0.235 e. The van der Waals surface area contributed by atoms with Crippen LogP contribution in [0.5, 0.6) is 17.2 Å². The van der Waals surface area contributed by atoms with Gasteiger partial charge in [-0.2, -0.15) is 4.99 Å². The normalized spacial score (nSPS) is 19.8. The van der Waals surface area contributed by atoms with Gasteiger partial charge in [0.2, 0.25) is 6.08 Å². The monoisotopic (exact) mass is 261 g/mol. The van der Waals surface area contributed by atoms with E-state index in [0.717, 1.165) is 25.7 Å². The summed E-state index contributed by atoms with van der Waals surface area (Å²) in [5.41, 5.74) is 0.00243. The van der Waals surface area contributed by atoms with E-state index in [1.54, 1.807) is 18.2 Å². The minimum atomic E-state index is -0.628. The first-order chi connectivity index (χ1) is 9.25. The molecule has 0 amide bonds. The Hall–Kier alpha value is -2.00. The van der Waals surface area contributed by atoms with Crippen LogP contribution in [-0.4, -0.2) is 24.4 Å². The highest BCUT2D eigenvalue weighted by Crippen LogP contribution is 2.50. The number of aliphatic imine (C=N–C) groups is 1. The van der Waals surface area contributed by atoms with E-state index in [9.17, 15) is 9.90 Å². The fraction of sp³-hybridized carbons (Fsp3) is 0.500. The Morgan fingerprint density at radius 3 is 2.42 bits per heavy atom. The second kappa shape index (κ2) is 4.59. The highest BCUT2D eigenvalue weighted by molar-refractivity contribution is 5.54. The SMILES string of the molecule is O=C=NC1(c2cc3c(cc2O)OCCCO3)CCC1. The van der Waals surface area contributed by atoms with Gasteiger partial charge >= 0.3 is 0 Å². The highest BCUT2D eigenvalue weighted by atomic mass is 16.5. The third kappa shape index (κ3) is 1.96. The van der Waals surface area contributed by atoms with Crippen molar-refractivity contribution in [3.8, 4) is 17.2 Å². The zero-order valence-corrected chi connectivity index (χ0v) is 10.5. The molecule has 3 rings (SSSR count). The maximum absolute atomic E-state index is 10.6. The van der Waals surface area contributed by atoms with E-state index in [1.807, 2.05) is 0 Å². The van der Waals surface area contributed by atoms with Gasteiger partial charge in [0.25, 0.3) is 0 Å². The van der Waals surface area contributed by atoms with E-state index < -0.39 is 5.54 Å². The summed E-state index contributed by atoms with van der Waals surface area (Å²) in [5.74, 6) is 1.25. The number of hydrogen-bond donors (Lipinski definition) is 1. The van der Waals surface area contributed by atoms with E-state index >= 15 is 0 Å². The summed E-state index contributed by atoms with van der Waals surface area (Å²) in [6.45, 7) is 1.16. The Bertz CT molecular complexity index is 545. The van der Waals surface area contributed by atoms with Crippen molar-refractivity contribution < 1.29 is 19.4 Å². The van der Waals surface area contributed by atoms with Gasteiger partial charge in [-0.05, 0) is 25.3 Å². The molecule has 0 aromatic heterocycles. The molecule has 1 fully saturated rings. The molecule has 1 heterocycles. The molecule has 2 aliphatic rings. The molecule has 0 unspecified atom stereocenters. The largest absolute Gasteiger partial charge is 0.507 e. The summed E-state index contributed by atoms with van der Waals surface area (Å²) >= 11 is 0. The second-order valence-corrected chi connectivity index (χ2v) is 4.95. The maximum Gasteiger partial charge on any atom is 0.235 e. The Kier molecular flexibility index (Phi) is 2.91. The molecule has 100 valence electrons. The third-order valence-electron chi connectivity index (χ3n) is 3.81. The van der Waals surface area contributed by atoms with E-state index in [0.29, 0.717) is 30.3 Å². The molecule has 1 aromatic rings. The summed E-state index contributed by atoms with van der Waals surface area (Å²) in [4.78, 5) is 14.5. The summed E-state index contributed by atoms with van der Waals surface area (Å²) < 4.78 is 11.1. The van der Waals surface area contributed by atoms with Crippen LogP contribution in [0.2, 0.25) is 0 Å². The predicted molar refractivity (Wildman–Crippen MR) is 67.4 cm³/mol. The van der Waals surface area contributed by atoms with Crippen LogP contribution >= 0.6 is 0 Å². The fourth-order valence-corrected chi connectivity index (χ4v) is 2.61. The van der Waals surface area contributed by atoms with Crippen LogP contribution < -0.4 is 9.47 Å². The lowest BCUT2D eigenvalue weighted by Crippen LogP contribution is -2.32. The number of phenolic OH excluding ortho intramolecular Hbond substituents is 1. The topological polar surface area (TPSA) is 68.1 Å². The lowest BCUT2D eigenvalue weighted by atomic mass is 9.72. The number of nitrogens with zero attached hydrogens (tertiary/aromatic N) is 1. The Morgan fingerprint density at radius 1 is 1.16 bits per heavy atom. The van der Waals surface area contributed by atoms with Crippen molar-refractivity contribution in [1.82, 2.24) is 0 Å². The highest BCUT2D eigenvalue weighted by Gasteiger charge is 2.41. The van der Waals surface area contributed by atoms with E-state index in [4.69, 9.17) is 9.47 Å². The molecule has 19 heavy (non-hydrogen) atoms. The predicted octanol–water partition coefficient (Wildman–Crippen LogP) is 2.27. The van der Waals surface area contributed by atoms with E-state index in [1.165, 1.54) is 0 Å². The molecule has 5 nitrogen and oxygen atoms in total. The van der Waals surface area contributed by atoms with Gasteiger partial charge in [-0.15, -0.1) is 0 Å². The average Bonchev–Trinajstić information content (AvgIpc) is 2.58. The van der Waals surface area contributed by atoms with Crippen molar-refractivity contribution in [2.45, 2.75) is 31.2 Å². The number of aromatic hydroxyl groups is 1. The summed E-state index contributed by atoms with van der Waals surface area (Å²) in [7, 11) is 0. The number of benzene rings is 1. The molecule has 1 saturated carbocycles. The quantitative estimate of drug-likeness (QED) is 0.655. The summed E-state index contributed by atoms with van der Waals surface area (Å²) in [5, 5.41) is 10.2. The molecule has 0 atom stereocenters. The molecule has 0 radical (unpaired) electrons. The number of ether oxygens (including phenoxy) is 2. The maximum atomic E-state index is 10.6. The lowest BCUT2D eigenvalue weighted by molar-refractivity contribution is 0.245. The molecule has 1 N–H and O–H groups in total. The van der Waals surface area contributed by atoms with Crippen molar-refractivity contribution in [2.75, 3.05) is 13.2 Å². The number of rotatable bonds is 2. The van der Waals surface area contributed by atoms with Crippen LogP contribution in [0, 0.1) is 0 Å². The van der Waals surface area contributed by atoms with Gasteiger partial charge in [-0.25, -0.2) is 4.79 Å². The zero-order valence-electron chi connectivity index (χ0n) is 10.5. The van der Waals surface area contributed by atoms with E-state index in [2.05, 4.69) is 4.99 Å². The van der Waals surface area contributed by atoms with Crippen LogP contribution in [0.1, 0.15) is 31.2 Å². The second-order valence-electron chi connectivity index (χ2n) is 4.95. The molecule has 1 aliphatic carbocycles. The van der Waals surface area contributed by atoms with Gasteiger partial charge in [-0.1, -0.05) is 0 Å². The Morgan fingerprint density at radius 2 is 1.84 bits per heavy atom. The van der Waals surface area contributed by atoms with Gasteiger partial charge in [0.1, 0.15) is 11.3 Å². The van der Waals surface area contributed by atoms with Crippen LogP contribution in [0.3, 0.4) is 0 Å². The Balaban J connectivity index is 2.07. The lowest BCUT2D eigenvalue weighted by Gasteiger charge is -2.37. The van der Waals surface area contributed by atoms with Crippen LogP contribution in [-0.2, 0) is 10.3 Å². The van der Waals surface area contributed by atoms with Gasteiger partial charge in [0.05, 0.1) is 13.2 Å². The van der Waals surface area contributed by atoms with Crippen LogP contribution in [0.4, 0.5) is 0 Å². The first-order valence-corrected chi connectivity index (χ1v) is 6.47. The van der Waals surface area contributed by atoms with Crippen molar-refractivity contribution in [3.63, 3.8) is 0 Å². The minimum Gasteiger partial charge on any atom is -0.507 e. The number of hydrogen-bond acceptors (Lipinski definition) is 5. The van der Waals surface area contributed by atoms with Crippen LogP contribution in [0.15, 0.2) is 17.1 Å². The summed E-state index contributed by atoms with van der Waals surface area (Å²) in [6, 6.07) is 3.30. The number of phenols is 1. The summed E-state index contributed by atoms with van der Waals surface area (Å²) in [6.07, 6.45) is 4.90. The molecular weight excluding hydrogens is 246 g/mol. The molecule has 1 aliphatic heterocycles. The number of fused-ring (bicyclic) bond motifs is 1. The van der Waals surface area contributed by atoms with Gasteiger partial charge in [0.15, 0.2) is 11.5 Å².